The predicted molar refractivity (Wildman–Crippen MR) is 73.9 cm³/mol. The van der Waals surface area contributed by atoms with Crippen LogP contribution in [0.25, 0.3) is 0 Å². The number of pyridine rings is 1. The van der Waals surface area contributed by atoms with Crippen LogP contribution in [-0.2, 0) is 0 Å². The van der Waals surface area contributed by atoms with Crippen molar-refractivity contribution in [2.75, 3.05) is 29.9 Å². The van der Waals surface area contributed by atoms with E-state index >= 15 is 0 Å². The van der Waals surface area contributed by atoms with Crippen molar-refractivity contribution >= 4 is 17.3 Å². The molecule has 1 aromatic heterocycles. The lowest BCUT2D eigenvalue weighted by molar-refractivity contribution is -0.384. The number of nitro groups is 1. The van der Waals surface area contributed by atoms with Gasteiger partial charge in [-0.3, -0.25) is 10.1 Å². The second-order valence-corrected chi connectivity index (χ2v) is 4.76. The van der Waals surface area contributed by atoms with Gasteiger partial charge in [-0.05, 0) is 12.5 Å². The summed E-state index contributed by atoms with van der Waals surface area (Å²) in [6, 6.07) is 2.94. The molecule has 0 amide bonds. The number of hydrogen-bond donors (Lipinski definition) is 3. The maximum absolute atomic E-state index is 11.1. The fraction of sp³-hybridized carbons (Fsp3) is 0.583. The van der Waals surface area contributed by atoms with Crippen molar-refractivity contribution in [1.29, 1.82) is 0 Å². The first-order valence-electron chi connectivity index (χ1n) is 6.53. The second-order valence-electron chi connectivity index (χ2n) is 4.76. The molecule has 0 aromatic carbocycles. The molecule has 2 rings (SSSR count). The Morgan fingerprint density at radius 2 is 2.10 bits per heavy atom. The summed E-state index contributed by atoms with van der Waals surface area (Å²) in [6.07, 6.45) is -0.915. The molecular formula is C12H18N4O4. The highest BCUT2D eigenvalue weighted by atomic mass is 16.6. The van der Waals surface area contributed by atoms with Crippen LogP contribution in [0.3, 0.4) is 0 Å². The lowest BCUT2D eigenvalue weighted by atomic mass is 10.3. The topological polar surface area (TPSA) is 112 Å². The van der Waals surface area contributed by atoms with Gasteiger partial charge < -0.3 is 20.4 Å². The Labute approximate surface area is 116 Å². The number of anilines is 2. The lowest BCUT2D eigenvalue weighted by Crippen LogP contribution is -2.23. The van der Waals surface area contributed by atoms with Gasteiger partial charge in [0.1, 0.15) is 5.82 Å². The molecule has 110 valence electrons. The van der Waals surface area contributed by atoms with Crippen molar-refractivity contribution in [2.24, 2.45) is 0 Å². The number of aliphatic hydroxyl groups excluding tert-OH is 2. The molecule has 20 heavy (non-hydrogen) atoms. The number of rotatable bonds is 5. The van der Waals surface area contributed by atoms with Crippen molar-refractivity contribution in [3.8, 4) is 0 Å². The zero-order valence-corrected chi connectivity index (χ0v) is 11.2. The smallest absolute Gasteiger partial charge is 0.311 e. The van der Waals surface area contributed by atoms with Crippen LogP contribution >= 0.6 is 0 Å². The van der Waals surface area contributed by atoms with Crippen molar-refractivity contribution < 1.29 is 15.1 Å². The fourth-order valence-corrected chi connectivity index (χ4v) is 2.11. The van der Waals surface area contributed by atoms with E-state index in [-0.39, 0.29) is 24.6 Å². The Hall–Kier alpha value is -1.93. The van der Waals surface area contributed by atoms with Crippen molar-refractivity contribution in [2.45, 2.75) is 25.6 Å². The molecule has 1 aliphatic rings. The van der Waals surface area contributed by atoms with Crippen LogP contribution in [0.2, 0.25) is 0 Å². The van der Waals surface area contributed by atoms with E-state index in [0.717, 1.165) is 13.0 Å². The van der Waals surface area contributed by atoms with Crippen LogP contribution in [-0.4, -0.2) is 52.0 Å². The van der Waals surface area contributed by atoms with E-state index in [1.165, 1.54) is 11.0 Å². The van der Waals surface area contributed by atoms with Gasteiger partial charge in [-0.25, -0.2) is 4.98 Å². The first kappa shape index (κ1) is 14.5. The van der Waals surface area contributed by atoms with Crippen molar-refractivity contribution in [1.82, 2.24) is 4.98 Å². The second kappa shape index (κ2) is 6.02. The average molecular weight is 282 g/mol. The average Bonchev–Trinajstić information content (AvgIpc) is 2.76. The summed E-state index contributed by atoms with van der Waals surface area (Å²) in [6.45, 7) is 2.99. The van der Waals surface area contributed by atoms with Crippen LogP contribution < -0.4 is 10.2 Å². The van der Waals surface area contributed by atoms with Crippen LogP contribution in [0, 0.1) is 10.1 Å². The van der Waals surface area contributed by atoms with Crippen LogP contribution in [0.4, 0.5) is 17.3 Å². The summed E-state index contributed by atoms with van der Waals surface area (Å²) >= 11 is 0. The Balaban J connectivity index is 2.30. The highest BCUT2D eigenvalue weighted by Crippen LogP contribution is 2.30. The molecule has 1 aromatic rings. The van der Waals surface area contributed by atoms with Crippen LogP contribution in [0.5, 0.6) is 0 Å². The molecule has 0 bridgehead atoms. The molecule has 2 atom stereocenters. The maximum Gasteiger partial charge on any atom is 0.311 e. The molecule has 3 N–H and O–H groups in total. The van der Waals surface area contributed by atoms with Gasteiger partial charge in [0, 0.05) is 25.7 Å². The summed E-state index contributed by atoms with van der Waals surface area (Å²) in [4.78, 5) is 16.3. The zero-order chi connectivity index (χ0) is 14.7. The molecule has 0 radical (unpaired) electrons. The summed E-state index contributed by atoms with van der Waals surface area (Å²) < 4.78 is 0. The third-order valence-electron chi connectivity index (χ3n) is 3.17. The Morgan fingerprint density at radius 1 is 1.45 bits per heavy atom. The monoisotopic (exact) mass is 282 g/mol. The van der Waals surface area contributed by atoms with E-state index in [4.69, 9.17) is 0 Å². The van der Waals surface area contributed by atoms with E-state index in [1.807, 2.05) is 6.92 Å². The number of nitrogens with one attached hydrogen (secondary N) is 1. The minimum absolute atomic E-state index is 0.131. The van der Waals surface area contributed by atoms with Gasteiger partial charge in [-0.2, -0.15) is 0 Å². The predicted octanol–water partition coefficient (Wildman–Crippen LogP) is 0.353. The Bertz CT molecular complexity index is 486. The van der Waals surface area contributed by atoms with Crippen LogP contribution in [0.15, 0.2) is 12.1 Å². The van der Waals surface area contributed by atoms with Gasteiger partial charge in [-0.15, -0.1) is 0 Å². The molecule has 1 fully saturated rings. The maximum atomic E-state index is 11.1. The number of aliphatic hydroxyl groups is 2. The normalized spacial score (nSPS) is 22.1. The Morgan fingerprint density at radius 3 is 2.65 bits per heavy atom. The van der Waals surface area contributed by atoms with Crippen LogP contribution in [0.1, 0.15) is 13.3 Å². The number of β-amino-alcohol motifs (C(OH)–C–C–N with tert-alkyl or cyclic N) is 2. The molecule has 1 saturated heterocycles. The van der Waals surface area contributed by atoms with E-state index in [1.54, 1.807) is 6.07 Å². The zero-order valence-electron chi connectivity index (χ0n) is 11.2. The SMILES string of the molecule is CCCNc1ccc([N+](=O)[O-])c(N2CC(O)C(O)C2)n1. The van der Waals surface area contributed by atoms with Gasteiger partial charge in [0.05, 0.1) is 17.1 Å². The van der Waals surface area contributed by atoms with Gasteiger partial charge in [-0.1, -0.05) is 6.92 Å². The lowest BCUT2D eigenvalue weighted by Gasteiger charge is -2.17. The number of hydrogen-bond acceptors (Lipinski definition) is 7. The van der Waals surface area contributed by atoms with Crippen molar-refractivity contribution in [3.05, 3.63) is 22.2 Å². The number of aromatic nitrogens is 1. The summed E-state index contributed by atoms with van der Waals surface area (Å²) in [7, 11) is 0. The first-order chi connectivity index (χ1) is 9.52. The molecule has 0 saturated carbocycles. The quantitative estimate of drug-likeness (QED) is 0.528. The highest BCUT2D eigenvalue weighted by Gasteiger charge is 2.34. The molecule has 1 aliphatic heterocycles. The van der Waals surface area contributed by atoms with Gasteiger partial charge in [0.25, 0.3) is 0 Å². The standard InChI is InChI=1S/C12H18N4O4/c1-2-5-13-11-4-3-8(16(19)20)12(14-11)15-6-9(17)10(18)7-15/h3-4,9-10,17-18H,2,5-7H2,1H3,(H,13,14). The van der Waals surface area contributed by atoms with Gasteiger partial charge in [0.15, 0.2) is 0 Å². The minimum atomic E-state index is -0.913. The largest absolute Gasteiger partial charge is 0.389 e. The molecule has 2 unspecified atom stereocenters. The molecular weight excluding hydrogens is 264 g/mol. The molecule has 0 spiro atoms. The third kappa shape index (κ3) is 2.97. The van der Waals surface area contributed by atoms with E-state index in [0.29, 0.717) is 5.82 Å². The number of nitrogens with zero attached hydrogens (tertiary/aromatic N) is 3. The van der Waals surface area contributed by atoms with E-state index < -0.39 is 17.1 Å². The first-order valence-corrected chi connectivity index (χ1v) is 6.53. The highest BCUT2D eigenvalue weighted by molar-refractivity contribution is 5.62. The summed E-state index contributed by atoms with van der Waals surface area (Å²) in [5.41, 5.74) is -0.131. The Kier molecular flexibility index (Phi) is 4.35. The van der Waals surface area contributed by atoms with E-state index in [2.05, 4.69) is 10.3 Å². The fourth-order valence-electron chi connectivity index (χ4n) is 2.11. The van der Waals surface area contributed by atoms with E-state index in [9.17, 15) is 20.3 Å². The summed E-state index contributed by atoms with van der Waals surface area (Å²) in [5.74, 6) is 0.718. The minimum Gasteiger partial charge on any atom is -0.389 e. The molecule has 2 heterocycles. The molecule has 0 aliphatic carbocycles. The molecule has 8 heteroatoms. The molecule has 8 nitrogen and oxygen atoms in total. The van der Waals surface area contributed by atoms with Gasteiger partial charge >= 0.3 is 5.69 Å². The third-order valence-corrected chi connectivity index (χ3v) is 3.17. The van der Waals surface area contributed by atoms with Gasteiger partial charge in [0.2, 0.25) is 5.82 Å². The summed E-state index contributed by atoms with van der Waals surface area (Å²) in [5, 5.41) is 33.3. The van der Waals surface area contributed by atoms with Crippen molar-refractivity contribution in [3.63, 3.8) is 0 Å².